The molecule has 4 nitrogen and oxygen atoms in total. The first-order chi connectivity index (χ1) is 11.2. The van der Waals surface area contributed by atoms with E-state index in [0.29, 0.717) is 12.1 Å². The smallest absolute Gasteiger partial charge is 0.251 e. The number of benzene rings is 1. The third kappa shape index (κ3) is 3.37. The molecule has 4 heteroatoms. The van der Waals surface area contributed by atoms with E-state index >= 15 is 0 Å². The van der Waals surface area contributed by atoms with Crippen LogP contribution in [0.4, 0.5) is 0 Å². The summed E-state index contributed by atoms with van der Waals surface area (Å²) in [4.78, 5) is 14.8. The van der Waals surface area contributed by atoms with E-state index in [2.05, 4.69) is 17.1 Å². The van der Waals surface area contributed by atoms with Gasteiger partial charge in [-0.05, 0) is 44.4 Å². The Hall–Kier alpha value is -1.55. The molecule has 126 valence electrons. The van der Waals surface area contributed by atoms with Crippen LogP contribution in [-0.2, 0) is 6.42 Å². The van der Waals surface area contributed by atoms with Crippen LogP contribution >= 0.6 is 0 Å². The lowest BCUT2D eigenvalue weighted by Gasteiger charge is -2.39. The highest BCUT2D eigenvalue weighted by Gasteiger charge is 2.32. The Labute approximate surface area is 139 Å². The Kier molecular flexibility index (Phi) is 5.21. The zero-order chi connectivity index (χ0) is 16.2. The number of amides is 1. The van der Waals surface area contributed by atoms with Crippen molar-refractivity contribution in [2.24, 2.45) is 0 Å². The first kappa shape index (κ1) is 16.3. The zero-order valence-corrected chi connectivity index (χ0v) is 14.3. The van der Waals surface area contributed by atoms with E-state index < -0.39 is 0 Å². The van der Waals surface area contributed by atoms with E-state index in [9.17, 15) is 4.79 Å². The third-order valence-electron chi connectivity index (χ3n) is 5.22. The summed E-state index contributed by atoms with van der Waals surface area (Å²) in [5.74, 6) is 0.860. The minimum absolute atomic E-state index is 0.0194. The fraction of sp³-hybridized carbons (Fsp3) is 0.632. The number of carbonyl (C=O) groups excluding carboxylic acids is 1. The van der Waals surface area contributed by atoms with Crippen molar-refractivity contribution in [2.75, 3.05) is 20.2 Å². The highest BCUT2D eigenvalue weighted by molar-refractivity contribution is 5.96. The SMILES string of the molecule is CCCN(C1CCCC1)[C@H]1COc2cccc(C(=O)NC)c2C1. The standard InChI is InChI=1S/C19H28N2O2/c1-3-11-21(14-7-4-5-8-14)15-12-17-16(19(22)20-2)9-6-10-18(17)23-13-15/h6,9-10,14-15H,3-5,7-8,11-13H2,1-2H3,(H,20,22)/t15-/m1/s1. The summed E-state index contributed by atoms with van der Waals surface area (Å²) >= 11 is 0. The zero-order valence-electron chi connectivity index (χ0n) is 14.3. The summed E-state index contributed by atoms with van der Waals surface area (Å²) in [6.07, 6.45) is 7.38. The maximum absolute atomic E-state index is 12.2. The fourth-order valence-corrected chi connectivity index (χ4v) is 4.11. The van der Waals surface area contributed by atoms with Crippen LogP contribution in [0.1, 0.15) is 54.9 Å². The summed E-state index contributed by atoms with van der Waals surface area (Å²) < 4.78 is 6.04. The molecular weight excluding hydrogens is 288 g/mol. The molecule has 1 aliphatic heterocycles. The van der Waals surface area contributed by atoms with Crippen LogP contribution in [0.2, 0.25) is 0 Å². The number of nitrogens with one attached hydrogen (secondary N) is 1. The molecule has 0 bridgehead atoms. The Bertz CT molecular complexity index is 552. The number of hydrogen-bond donors (Lipinski definition) is 1. The molecule has 0 saturated heterocycles. The molecule has 1 fully saturated rings. The molecule has 1 atom stereocenters. The van der Waals surface area contributed by atoms with Crippen LogP contribution < -0.4 is 10.1 Å². The van der Waals surface area contributed by atoms with Gasteiger partial charge in [-0.25, -0.2) is 0 Å². The number of ether oxygens (including phenoxy) is 1. The average Bonchev–Trinajstić information content (AvgIpc) is 3.12. The second kappa shape index (κ2) is 7.35. The van der Waals surface area contributed by atoms with Crippen molar-refractivity contribution in [1.82, 2.24) is 10.2 Å². The van der Waals surface area contributed by atoms with Crippen molar-refractivity contribution >= 4 is 5.91 Å². The van der Waals surface area contributed by atoms with E-state index in [4.69, 9.17) is 4.74 Å². The Balaban J connectivity index is 1.84. The normalized spacial score (nSPS) is 21.1. The van der Waals surface area contributed by atoms with E-state index in [0.717, 1.165) is 42.9 Å². The Morgan fingerprint density at radius 2 is 2.09 bits per heavy atom. The lowest BCUT2D eigenvalue weighted by molar-refractivity contribution is 0.0802. The predicted octanol–water partition coefficient (Wildman–Crippen LogP) is 3.00. The second-order valence-corrected chi connectivity index (χ2v) is 6.71. The molecule has 23 heavy (non-hydrogen) atoms. The number of fused-ring (bicyclic) bond motifs is 1. The minimum atomic E-state index is -0.0194. The minimum Gasteiger partial charge on any atom is -0.492 e. The van der Waals surface area contributed by atoms with Crippen molar-refractivity contribution in [1.29, 1.82) is 0 Å². The van der Waals surface area contributed by atoms with Gasteiger partial charge < -0.3 is 10.1 Å². The number of nitrogens with zero attached hydrogens (tertiary/aromatic N) is 1. The summed E-state index contributed by atoms with van der Waals surface area (Å²) in [7, 11) is 1.69. The number of hydrogen-bond acceptors (Lipinski definition) is 3. The molecule has 0 radical (unpaired) electrons. The summed E-state index contributed by atoms with van der Waals surface area (Å²) in [5, 5.41) is 2.75. The fourth-order valence-electron chi connectivity index (χ4n) is 4.11. The van der Waals surface area contributed by atoms with Crippen molar-refractivity contribution < 1.29 is 9.53 Å². The van der Waals surface area contributed by atoms with E-state index in [1.165, 1.54) is 25.7 Å². The second-order valence-electron chi connectivity index (χ2n) is 6.71. The van der Waals surface area contributed by atoms with Crippen molar-refractivity contribution in [3.05, 3.63) is 29.3 Å². The Morgan fingerprint density at radius 1 is 1.30 bits per heavy atom. The van der Waals surface area contributed by atoms with Gasteiger partial charge in [-0.1, -0.05) is 25.8 Å². The van der Waals surface area contributed by atoms with Gasteiger partial charge in [0.05, 0.1) is 0 Å². The van der Waals surface area contributed by atoms with Crippen LogP contribution in [-0.4, -0.2) is 43.1 Å². The maximum Gasteiger partial charge on any atom is 0.251 e. The molecule has 1 aliphatic carbocycles. The van der Waals surface area contributed by atoms with Gasteiger partial charge >= 0.3 is 0 Å². The molecule has 0 unspecified atom stereocenters. The molecule has 3 rings (SSSR count). The lowest BCUT2D eigenvalue weighted by atomic mass is 9.94. The van der Waals surface area contributed by atoms with Gasteiger partial charge in [0.15, 0.2) is 0 Å². The predicted molar refractivity (Wildman–Crippen MR) is 92.1 cm³/mol. The van der Waals surface area contributed by atoms with Crippen LogP contribution in [0, 0.1) is 0 Å². The molecule has 0 aromatic heterocycles. The molecule has 1 saturated carbocycles. The molecule has 1 N–H and O–H groups in total. The highest BCUT2D eigenvalue weighted by Crippen LogP contribution is 2.33. The van der Waals surface area contributed by atoms with Gasteiger partial charge in [0, 0.05) is 30.3 Å². The Morgan fingerprint density at radius 3 is 2.78 bits per heavy atom. The average molecular weight is 316 g/mol. The lowest BCUT2D eigenvalue weighted by Crippen LogP contribution is -2.48. The topological polar surface area (TPSA) is 41.6 Å². The van der Waals surface area contributed by atoms with E-state index in [1.54, 1.807) is 7.05 Å². The molecule has 1 heterocycles. The maximum atomic E-state index is 12.2. The van der Waals surface area contributed by atoms with Crippen LogP contribution in [0.15, 0.2) is 18.2 Å². The molecule has 1 aromatic rings. The van der Waals surface area contributed by atoms with E-state index in [1.807, 2.05) is 18.2 Å². The van der Waals surface area contributed by atoms with Gasteiger partial charge in [-0.2, -0.15) is 0 Å². The van der Waals surface area contributed by atoms with Gasteiger partial charge in [0.1, 0.15) is 12.4 Å². The van der Waals surface area contributed by atoms with Gasteiger partial charge in [0.25, 0.3) is 5.91 Å². The van der Waals surface area contributed by atoms with Crippen LogP contribution in [0.5, 0.6) is 5.75 Å². The molecule has 1 amide bonds. The van der Waals surface area contributed by atoms with Crippen LogP contribution in [0.25, 0.3) is 0 Å². The van der Waals surface area contributed by atoms with Crippen molar-refractivity contribution in [2.45, 2.75) is 57.5 Å². The van der Waals surface area contributed by atoms with Gasteiger partial charge in [-0.15, -0.1) is 0 Å². The molecule has 2 aliphatic rings. The first-order valence-corrected chi connectivity index (χ1v) is 8.97. The molecule has 0 spiro atoms. The number of carbonyl (C=O) groups is 1. The third-order valence-corrected chi connectivity index (χ3v) is 5.22. The summed E-state index contributed by atoms with van der Waals surface area (Å²) in [6, 6.07) is 6.87. The summed E-state index contributed by atoms with van der Waals surface area (Å²) in [5.41, 5.74) is 1.83. The molecular formula is C19H28N2O2. The largest absolute Gasteiger partial charge is 0.492 e. The number of rotatable bonds is 5. The summed E-state index contributed by atoms with van der Waals surface area (Å²) in [6.45, 7) is 4.10. The van der Waals surface area contributed by atoms with Crippen LogP contribution in [0.3, 0.4) is 0 Å². The first-order valence-electron chi connectivity index (χ1n) is 8.97. The molecule has 1 aromatic carbocycles. The van der Waals surface area contributed by atoms with Gasteiger partial charge in [0.2, 0.25) is 0 Å². The quantitative estimate of drug-likeness (QED) is 0.908. The monoisotopic (exact) mass is 316 g/mol. The van der Waals surface area contributed by atoms with Crippen molar-refractivity contribution in [3.8, 4) is 5.75 Å². The van der Waals surface area contributed by atoms with E-state index in [-0.39, 0.29) is 5.91 Å². The van der Waals surface area contributed by atoms with Crippen molar-refractivity contribution in [3.63, 3.8) is 0 Å². The highest BCUT2D eigenvalue weighted by atomic mass is 16.5. The van der Waals surface area contributed by atoms with Gasteiger partial charge in [-0.3, -0.25) is 9.69 Å².